The van der Waals surface area contributed by atoms with Crippen LogP contribution in [0.25, 0.3) is 0 Å². The lowest BCUT2D eigenvalue weighted by molar-refractivity contribution is -0.116. The summed E-state index contributed by atoms with van der Waals surface area (Å²) in [6.45, 7) is 4.53. The highest BCUT2D eigenvalue weighted by Gasteiger charge is 2.18. The number of carbonyl (C=O) groups excluding carboxylic acids is 2. The van der Waals surface area contributed by atoms with Gasteiger partial charge in [0, 0.05) is 52.6 Å². The maximum absolute atomic E-state index is 11.9. The zero-order chi connectivity index (χ0) is 16.5. The second-order valence-corrected chi connectivity index (χ2v) is 5.67. The Morgan fingerprint density at radius 3 is 2.68 bits per heavy atom. The third kappa shape index (κ3) is 6.08. The molecule has 3 amide bonds. The first kappa shape index (κ1) is 18.5. The monoisotopic (exact) mass is 329 g/mol. The molecule has 1 heterocycles. The number of urea groups is 1. The van der Waals surface area contributed by atoms with Gasteiger partial charge < -0.3 is 19.3 Å². The molecular weight excluding hydrogens is 306 g/mol. The van der Waals surface area contributed by atoms with Gasteiger partial charge in [0.2, 0.25) is 0 Å². The molecule has 7 nitrogen and oxygen atoms in total. The van der Waals surface area contributed by atoms with Crippen LogP contribution in [0.2, 0.25) is 0 Å². The number of hydrogen-bond donors (Lipinski definition) is 1. The zero-order valence-corrected chi connectivity index (χ0v) is 14.0. The van der Waals surface area contributed by atoms with Crippen LogP contribution in [0.15, 0.2) is 23.8 Å². The number of carbonyl (C=O) groups is 2. The van der Waals surface area contributed by atoms with Gasteiger partial charge in [-0.3, -0.25) is 10.1 Å². The third-order valence-corrected chi connectivity index (χ3v) is 3.91. The smallest absolute Gasteiger partial charge is 0.324 e. The van der Waals surface area contributed by atoms with E-state index in [2.05, 4.69) is 11.9 Å². The van der Waals surface area contributed by atoms with Crippen molar-refractivity contribution in [2.75, 3.05) is 40.2 Å². The Morgan fingerprint density at radius 2 is 2.14 bits per heavy atom. The molecule has 0 aliphatic carbocycles. The van der Waals surface area contributed by atoms with Crippen molar-refractivity contribution in [2.24, 2.45) is 0 Å². The summed E-state index contributed by atoms with van der Waals surface area (Å²) in [7, 11) is 4.67. The van der Waals surface area contributed by atoms with Gasteiger partial charge in [-0.05, 0) is 5.41 Å². The largest absolute Gasteiger partial charge is 0.363 e. The van der Waals surface area contributed by atoms with Crippen molar-refractivity contribution in [1.82, 2.24) is 15.1 Å². The molecule has 0 saturated heterocycles. The lowest BCUT2D eigenvalue weighted by atomic mass is 10.2. The predicted molar refractivity (Wildman–Crippen MR) is 86.0 cm³/mol. The first-order valence-electron chi connectivity index (χ1n) is 6.80. The molecule has 1 rings (SSSR count). The highest BCUT2D eigenvalue weighted by atomic mass is 32.2. The van der Waals surface area contributed by atoms with Crippen LogP contribution in [0, 0.1) is 0 Å². The van der Waals surface area contributed by atoms with Crippen LogP contribution in [-0.2, 0) is 14.3 Å². The number of amides is 3. The van der Waals surface area contributed by atoms with E-state index in [1.807, 2.05) is 16.5 Å². The molecule has 0 bridgehead atoms. The lowest BCUT2D eigenvalue weighted by Crippen LogP contribution is -2.43. The van der Waals surface area contributed by atoms with E-state index in [1.165, 1.54) is 19.1 Å². The van der Waals surface area contributed by atoms with Crippen LogP contribution in [0.4, 0.5) is 4.79 Å². The fourth-order valence-corrected chi connectivity index (χ4v) is 2.45. The zero-order valence-electron chi connectivity index (χ0n) is 13.2. The number of thioether (sulfide) groups is 1. The Bertz CT molecular complexity index is 438. The van der Waals surface area contributed by atoms with Crippen LogP contribution in [0.3, 0.4) is 0 Å². The first-order valence-corrected chi connectivity index (χ1v) is 7.85. The SMILES string of the molecule is C=C(CN1C=CSC1)C(=O)NC(=O)N(C)CCC(OC)OC. The number of ether oxygens (including phenoxy) is 2. The second-order valence-electron chi connectivity index (χ2n) is 4.80. The summed E-state index contributed by atoms with van der Waals surface area (Å²) >= 11 is 1.64. The van der Waals surface area contributed by atoms with Gasteiger partial charge in [-0.25, -0.2) is 4.79 Å². The molecule has 22 heavy (non-hydrogen) atoms. The van der Waals surface area contributed by atoms with Crippen LogP contribution in [-0.4, -0.2) is 68.3 Å². The number of imide groups is 1. The molecule has 0 aromatic carbocycles. The molecule has 0 aromatic heterocycles. The quantitative estimate of drug-likeness (QED) is 0.533. The summed E-state index contributed by atoms with van der Waals surface area (Å²) in [6.07, 6.45) is 2.04. The second kappa shape index (κ2) is 9.50. The maximum Gasteiger partial charge on any atom is 0.324 e. The van der Waals surface area contributed by atoms with Gasteiger partial charge in [0.05, 0.1) is 5.88 Å². The first-order chi connectivity index (χ1) is 10.5. The molecule has 0 unspecified atom stereocenters. The average Bonchev–Trinajstić information content (AvgIpc) is 3.00. The fourth-order valence-electron chi connectivity index (χ4n) is 1.74. The van der Waals surface area contributed by atoms with Crippen molar-refractivity contribution < 1.29 is 19.1 Å². The number of nitrogens with zero attached hydrogens (tertiary/aromatic N) is 2. The van der Waals surface area contributed by atoms with E-state index >= 15 is 0 Å². The molecule has 0 spiro atoms. The average molecular weight is 329 g/mol. The van der Waals surface area contributed by atoms with Crippen molar-refractivity contribution in [2.45, 2.75) is 12.7 Å². The molecule has 1 aliphatic rings. The molecule has 0 fully saturated rings. The summed E-state index contributed by atoms with van der Waals surface area (Å²) in [5.74, 6) is 0.326. The normalized spacial score (nSPS) is 13.5. The van der Waals surface area contributed by atoms with E-state index in [0.717, 1.165) is 5.88 Å². The van der Waals surface area contributed by atoms with Gasteiger partial charge in [0.25, 0.3) is 5.91 Å². The topological polar surface area (TPSA) is 71.1 Å². The van der Waals surface area contributed by atoms with Crippen molar-refractivity contribution in [3.8, 4) is 0 Å². The number of hydrogen-bond acceptors (Lipinski definition) is 6. The van der Waals surface area contributed by atoms with Gasteiger partial charge in [0.15, 0.2) is 6.29 Å². The highest BCUT2D eigenvalue weighted by Crippen LogP contribution is 2.15. The Balaban J connectivity index is 2.34. The molecule has 0 aromatic rings. The minimum absolute atomic E-state index is 0.348. The molecule has 0 saturated carbocycles. The Hall–Kier alpha value is -1.51. The van der Waals surface area contributed by atoms with Crippen molar-refractivity contribution in [1.29, 1.82) is 0 Å². The highest BCUT2D eigenvalue weighted by molar-refractivity contribution is 8.02. The Labute approximate surface area is 135 Å². The third-order valence-electron chi connectivity index (χ3n) is 3.12. The van der Waals surface area contributed by atoms with Crippen LogP contribution >= 0.6 is 11.8 Å². The number of methoxy groups -OCH3 is 2. The maximum atomic E-state index is 11.9. The fraction of sp³-hybridized carbons (Fsp3) is 0.571. The molecular formula is C14H23N3O4S. The van der Waals surface area contributed by atoms with Crippen LogP contribution < -0.4 is 5.32 Å². The number of rotatable bonds is 8. The van der Waals surface area contributed by atoms with E-state index < -0.39 is 11.9 Å². The standard InChI is InChI=1S/C14H23N3O4S/c1-11(9-17-7-8-22-10-17)13(18)15-14(19)16(2)6-5-12(20-3)21-4/h7-8,12H,1,5-6,9-10H2,2-4H3,(H,15,18,19). The summed E-state index contributed by atoms with van der Waals surface area (Å²) in [6, 6.07) is -0.469. The Morgan fingerprint density at radius 1 is 1.45 bits per heavy atom. The van der Waals surface area contributed by atoms with Gasteiger partial charge in [0.1, 0.15) is 0 Å². The van der Waals surface area contributed by atoms with E-state index in [-0.39, 0.29) is 6.29 Å². The van der Waals surface area contributed by atoms with Gasteiger partial charge >= 0.3 is 6.03 Å². The van der Waals surface area contributed by atoms with Crippen LogP contribution in [0.1, 0.15) is 6.42 Å². The summed E-state index contributed by atoms with van der Waals surface area (Å²) in [5.41, 5.74) is 0.348. The minimum Gasteiger partial charge on any atom is -0.363 e. The lowest BCUT2D eigenvalue weighted by Gasteiger charge is -2.21. The molecule has 1 aliphatic heterocycles. The predicted octanol–water partition coefficient (Wildman–Crippen LogP) is 1.20. The van der Waals surface area contributed by atoms with Gasteiger partial charge in [-0.15, -0.1) is 11.8 Å². The number of nitrogens with one attached hydrogen (secondary N) is 1. The van der Waals surface area contributed by atoms with Gasteiger partial charge in [-0.2, -0.15) is 0 Å². The molecule has 124 valence electrons. The van der Waals surface area contributed by atoms with E-state index in [4.69, 9.17) is 9.47 Å². The van der Waals surface area contributed by atoms with E-state index in [9.17, 15) is 9.59 Å². The molecule has 8 heteroatoms. The molecule has 1 N–H and O–H groups in total. The molecule has 0 atom stereocenters. The minimum atomic E-state index is -0.469. The van der Waals surface area contributed by atoms with Crippen LogP contribution in [0.5, 0.6) is 0 Å². The Kier molecular flexibility index (Phi) is 8.00. The summed E-state index contributed by atoms with van der Waals surface area (Å²) in [5, 5.41) is 4.27. The summed E-state index contributed by atoms with van der Waals surface area (Å²) in [4.78, 5) is 27.2. The van der Waals surface area contributed by atoms with Crippen molar-refractivity contribution in [3.63, 3.8) is 0 Å². The van der Waals surface area contributed by atoms with Crippen molar-refractivity contribution >= 4 is 23.7 Å². The summed E-state index contributed by atoms with van der Waals surface area (Å²) < 4.78 is 10.1. The van der Waals surface area contributed by atoms with E-state index in [1.54, 1.807) is 18.8 Å². The van der Waals surface area contributed by atoms with Crippen molar-refractivity contribution in [3.05, 3.63) is 23.8 Å². The molecule has 0 radical (unpaired) electrons. The van der Waals surface area contributed by atoms with E-state index in [0.29, 0.717) is 25.1 Å². The van der Waals surface area contributed by atoms with Gasteiger partial charge in [-0.1, -0.05) is 6.58 Å².